The predicted molar refractivity (Wildman–Crippen MR) is 56.5 cm³/mol. The molecular formula is C10H19N3O. The topological polar surface area (TPSA) is 36.9 Å². The lowest BCUT2D eigenvalue weighted by molar-refractivity contribution is 0.105. The highest BCUT2D eigenvalue weighted by Crippen LogP contribution is 2.17. The maximum Gasteiger partial charge on any atom is 0.194 e. The number of hydrogen-bond donors (Lipinski definition) is 1. The van der Waals surface area contributed by atoms with Crippen molar-refractivity contribution in [1.82, 2.24) is 10.2 Å². The highest BCUT2D eigenvalue weighted by molar-refractivity contribution is 5.81. The molecule has 1 saturated heterocycles. The second-order valence-electron chi connectivity index (χ2n) is 3.93. The van der Waals surface area contributed by atoms with Crippen LogP contribution in [0.15, 0.2) is 4.99 Å². The molecule has 0 amide bonds. The quantitative estimate of drug-likeness (QED) is 0.698. The Labute approximate surface area is 85.3 Å². The van der Waals surface area contributed by atoms with Crippen molar-refractivity contribution in [2.45, 2.75) is 25.3 Å². The standard InChI is InChI=1S/C10H19N3O/c1-14-8-9-4-2-3-7-13(9)10-11-5-6-12-10/h9H,2-8H2,1H3,(H,11,12). The van der Waals surface area contributed by atoms with Crippen molar-refractivity contribution in [2.75, 3.05) is 33.4 Å². The summed E-state index contributed by atoms with van der Waals surface area (Å²) in [6.45, 7) is 3.86. The lowest BCUT2D eigenvalue weighted by Crippen LogP contribution is -2.49. The second kappa shape index (κ2) is 4.64. The van der Waals surface area contributed by atoms with Crippen molar-refractivity contribution in [3.8, 4) is 0 Å². The number of nitrogens with zero attached hydrogens (tertiary/aromatic N) is 2. The molecule has 0 aromatic rings. The number of ether oxygens (including phenoxy) is 1. The summed E-state index contributed by atoms with van der Waals surface area (Å²) < 4.78 is 5.25. The lowest BCUT2D eigenvalue weighted by atomic mass is 10.0. The summed E-state index contributed by atoms with van der Waals surface area (Å²) in [5.41, 5.74) is 0. The van der Waals surface area contributed by atoms with E-state index in [4.69, 9.17) is 4.74 Å². The fourth-order valence-electron chi connectivity index (χ4n) is 2.22. The smallest absolute Gasteiger partial charge is 0.194 e. The van der Waals surface area contributed by atoms with Gasteiger partial charge in [0.05, 0.1) is 19.2 Å². The van der Waals surface area contributed by atoms with Crippen molar-refractivity contribution in [1.29, 1.82) is 0 Å². The summed E-state index contributed by atoms with van der Waals surface area (Å²) in [6, 6.07) is 0.526. The van der Waals surface area contributed by atoms with Crippen LogP contribution in [0.5, 0.6) is 0 Å². The molecule has 1 fully saturated rings. The Kier molecular flexibility index (Phi) is 3.24. The summed E-state index contributed by atoms with van der Waals surface area (Å²) in [6.07, 6.45) is 3.83. The Hall–Kier alpha value is -0.770. The van der Waals surface area contributed by atoms with Gasteiger partial charge in [-0.2, -0.15) is 0 Å². The van der Waals surface area contributed by atoms with Crippen LogP contribution in [0.3, 0.4) is 0 Å². The van der Waals surface area contributed by atoms with E-state index >= 15 is 0 Å². The summed E-state index contributed by atoms with van der Waals surface area (Å²) in [4.78, 5) is 6.84. The van der Waals surface area contributed by atoms with Crippen LogP contribution in [-0.4, -0.2) is 50.3 Å². The van der Waals surface area contributed by atoms with Crippen LogP contribution >= 0.6 is 0 Å². The molecule has 0 spiro atoms. The first-order valence-corrected chi connectivity index (χ1v) is 5.45. The maximum atomic E-state index is 5.25. The van der Waals surface area contributed by atoms with Gasteiger partial charge in [0.1, 0.15) is 0 Å². The van der Waals surface area contributed by atoms with E-state index in [1.165, 1.54) is 19.3 Å². The van der Waals surface area contributed by atoms with Gasteiger partial charge in [-0.05, 0) is 19.3 Å². The van der Waals surface area contributed by atoms with Gasteiger partial charge < -0.3 is 15.0 Å². The summed E-state index contributed by atoms with van der Waals surface area (Å²) >= 11 is 0. The minimum Gasteiger partial charge on any atom is -0.383 e. The van der Waals surface area contributed by atoms with Crippen LogP contribution in [0, 0.1) is 0 Å². The summed E-state index contributed by atoms with van der Waals surface area (Å²) in [5.74, 6) is 1.09. The highest BCUT2D eigenvalue weighted by Gasteiger charge is 2.26. The first-order valence-electron chi connectivity index (χ1n) is 5.45. The normalized spacial score (nSPS) is 27.4. The molecule has 1 N–H and O–H groups in total. The first kappa shape index (κ1) is 9.77. The average Bonchev–Trinajstić information content (AvgIpc) is 2.72. The molecule has 0 saturated carbocycles. The van der Waals surface area contributed by atoms with E-state index in [0.29, 0.717) is 6.04 Å². The molecule has 1 atom stereocenters. The van der Waals surface area contributed by atoms with Crippen LogP contribution in [0.2, 0.25) is 0 Å². The zero-order chi connectivity index (χ0) is 9.80. The van der Waals surface area contributed by atoms with E-state index in [0.717, 1.165) is 32.2 Å². The molecule has 1 unspecified atom stereocenters. The van der Waals surface area contributed by atoms with Crippen molar-refractivity contribution >= 4 is 5.96 Å². The Balaban J connectivity index is 1.98. The van der Waals surface area contributed by atoms with Gasteiger partial charge in [-0.3, -0.25) is 4.99 Å². The van der Waals surface area contributed by atoms with Crippen LogP contribution < -0.4 is 5.32 Å². The van der Waals surface area contributed by atoms with E-state index in [1.54, 1.807) is 7.11 Å². The SMILES string of the molecule is COCC1CCCCN1C1=NCCN1. The molecule has 0 radical (unpaired) electrons. The molecule has 0 bridgehead atoms. The van der Waals surface area contributed by atoms with Crippen molar-refractivity contribution in [2.24, 2.45) is 4.99 Å². The summed E-state index contributed by atoms with van der Waals surface area (Å²) in [7, 11) is 1.77. The molecule has 0 aromatic carbocycles. The molecule has 0 aromatic heterocycles. The number of nitrogens with one attached hydrogen (secondary N) is 1. The van der Waals surface area contributed by atoms with Crippen molar-refractivity contribution < 1.29 is 4.74 Å². The third-order valence-electron chi connectivity index (χ3n) is 2.91. The Morgan fingerprint density at radius 2 is 2.50 bits per heavy atom. The number of hydrogen-bond acceptors (Lipinski definition) is 4. The number of rotatable bonds is 2. The fourth-order valence-corrected chi connectivity index (χ4v) is 2.22. The number of aliphatic imine (C=N–C) groups is 1. The van der Waals surface area contributed by atoms with Gasteiger partial charge in [0, 0.05) is 20.2 Å². The molecule has 4 nitrogen and oxygen atoms in total. The van der Waals surface area contributed by atoms with Crippen LogP contribution in [0.4, 0.5) is 0 Å². The van der Waals surface area contributed by atoms with Crippen LogP contribution in [0.1, 0.15) is 19.3 Å². The predicted octanol–water partition coefficient (Wildman–Crippen LogP) is 0.447. The van der Waals surface area contributed by atoms with Gasteiger partial charge in [-0.1, -0.05) is 0 Å². The molecule has 2 rings (SSSR count). The Morgan fingerprint density at radius 3 is 3.21 bits per heavy atom. The molecule has 4 heteroatoms. The largest absolute Gasteiger partial charge is 0.383 e. The van der Waals surface area contributed by atoms with Crippen LogP contribution in [-0.2, 0) is 4.74 Å². The minimum atomic E-state index is 0.526. The molecule has 2 heterocycles. The van der Waals surface area contributed by atoms with Gasteiger partial charge in [-0.15, -0.1) is 0 Å². The summed E-state index contributed by atoms with van der Waals surface area (Å²) in [5, 5.41) is 3.34. The zero-order valence-corrected chi connectivity index (χ0v) is 8.83. The Bertz CT molecular complexity index is 215. The zero-order valence-electron chi connectivity index (χ0n) is 8.83. The average molecular weight is 197 g/mol. The van der Waals surface area contributed by atoms with Gasteiger partial charge in [0.15, 0.2) is 5.96 Å². The van der Waals surface area contributed by atoms with Gasteiger partial charge in [-0.25, -0.2) is 0 Å². The van der Waals surface area contributed by atoms with Crippen LogP contribution in [0.25, 0.3) is 0 Å². The van der Waals surface area contributed by atoms with E-state index in [-0.39, 0.29) is 0 Å². The molecule has 14 heavy (non-hydrogen) atoms. The number of likely N-dealkylation sites (tertiary alicyclic amines) is 1. The number of guanidine groups is 1. The fraction of sp³-hybridized carbons (Fsp3) is 0.900. The van der Waals surface area contributed by atoms with Gasteiger partial charge in [0.2, 0.25) is 0 Å². The third-order valence-corrected chi connectivity index (χ3v) is 2.91. The maximum absolute atomic E-state index is 5.25. The number of piperidine rings is 1. The van der Waals surface area contributed by atoms with E-state index in [9.17, 15) is 0 Å². The monoisotopic (exact) mass is 197 g/mol. The van der Waals surface area contributed by atoms with E-state index in [2.05, 4.69) is 15.2 Å². The highest BCUT2D eigenvalue weighted by atomic mass is 16.5. The number of methoxy groups -OCH3 is 1. The molecule has 2 aliphatic heterocycles. The third kappa shape index (κ3) is 2.00. The molecule has 2 aliphatic rings. The van der Waals surface area contributed by atoms with E-state index < -0.39 is 0 Å². The minimum absolute atomic E-state index is 0.526. The van der Waals surface area contributed by atoms with Gasteiger partial charge in [0.25, 0.3) is 0 Å². The Morgan fingerprint density at radius 1 is 1.57 bits per heavy atom. The molecular weight excluding hydrogens is 178 g/mol. The second-order valence-corrected chi connectivity index (χ2v) is 3.93. The van der Waals surface area contributed by atoms with Crippen molar-refractivity contribution in [3.05, 3.63) is 0 Å². The first-order chi connectivity index (χ1) is 6.92. The van der Waals surface area contributed by atoms with Crippen molar-refractivity contribution in [3.63, 3.8) is 0 Å². The lowest BCUT2D eigenvalue weighted by Gasteiger charge is -2.36. The van der Waals surface area contributed by atoms with E-state index in [1.807, 2.05) is 0 Å². The van der Waals surface area contributed by atoms with Gasteiger partial charge >= 0.3 is 0 Å². The molecule has 80 valence electrons. The molecule has 0 aliphatic carbocycles.